The van der Waals surface area contributed by atoms with E-state index in [1.807, 2.05) is 0 Å². The number of anilines is 1. The zero-order valence-electron chi connectivity index (χ0n) is 13.0. The lowest BCUT2D eigenvalue weighted by Gasteiger charge is -2.43. The van der Waals surface area contributed by atoms with E-state index in [-0.39, 0.29) is 12.0 Å². The second kappa shape index (κ2) is 5.26. The van der Waals surface area contributed by atoms with Crippen LogP contribution in [0.1, 0.15) is 44.7 Å². The molecular formula is C15H23N5O. The van der Waals surface area contributed by atoms with Crippen LogP contribution in [0.5, 0.6) is 0 Å². The first-order valence-electron chi connectivity index (χ1n) is 7.58. The van der Waals surface area contributed by atoms with Crippen molar-refractivity contribution in [2.75, 3.05) is 25.1 Å². The van der Waals surface area contributed by atoms with Gasteiger partial charge in [-0.1, -0.05) is 20.3 Å². The fourth-order valence-electron chi connectivity index (χ4n) is 3.02. The van der Waals surface area contributed by atoms with E-state index in [1.165, 1.54) is 6.42 Å². The number of fused-ring (bicyclic) bond motifs is 1. The molecule has 21 heavy (non-hydrogen) atoms. The van der Waals surface area contributed by atoms with E-state index in [9.17, 15) is 5.11 Å². The van der Waals surface area contributed by atoms with Crippen LogP contribution in [0.25, 0.3) is 5.65 Å². The van der Waals surface area contributed by atoms with Crippen LogP contribution in [0.3, 0.4) is 0 Å². The molecule has 2 aromatic rings. The second-order valence-electron chi connectivity index (χ2n) is 6.58. The highest BCUT2D eigenvalue weighted by Gasteiger charge is 2.37. The van der Waals surface area contributed by atoms with Gasteiger partial charge in [0.1, 0.15) is 6.33 Å². The van der Waals surface area contributed by atoms with Gasteiger partial charge in [-0.2, -0.15) is 9.61 Å². The van der Waals surface area contributed by atoms with Crippen molar-refractivity contribution in [3.8, 4) is 0 Å². The maximum absolute atomic E-state index is 9.68. The van der Waals surface area contributed by atoms with E-state index in [0.717, 1.165) is 36.4 Å². The van der Waals surface area contributed by atoms with Gasteiger partial charge in [0.05, 0.1) is 18.0 Å². The van der Waals surface area contributed by atoms with Crippen LogP contribution >= 0.6 is 0 Å². The fraction of sp³-hybridized carbons (Fsp3) is 0.667. The molecular weight excluding hydrogens is 266 g/mol. The van der Waals surface area contributed by atoms with Crippen LogP contribution in [-0.4, -0.2) is 45.1 Å². The molecule has 0 unspecified atom stereocenters. The lowest BCUT2D eigenvalue weighted by atomic mass is 9.69. The zero-order chi connectivity index (χ0) is 15.0. The molecule has 0 bridgehead atoms. The predicted octanol–water partition coefficient (Wildman–Crippen LogP) is 1.85. The standard InChI is InChI=1S/C15H23N5O/c1-11(2)12-7-13(14-17-16-10-20(14)18-12)19(3)8-15(9-21)5-4-6-15/h7,10-11,21H,4-6,8-9H2,1-3H3. The van der Waals surface area contributed by atoms with Gasteiger partial charge >= 0.3 is 0 Å². The molecule has 1 aliphatic rings. The minimum Gasteiger partial charge on any atom is -0.396 e. The lowest BCUT2D eigenvalue weighted by Crippen LogP contribution is -2.43. The van der Waals surface area contributed by atoms with E-state index in [4.69, 9.17) is 0 Å². The van der Waals surface area contributed by atoms with Crippen molar-refractivity contribution in [3.63, 3.8) is 0 Å². The van der Waals surface area contributed by atoms with Gasteiger partial charge < -0.3 is 10.0 Å². The molecule has 1 N–H and O–H groups in total. The highest BCUT2D eigenvalue weighted by atomic mass is 16.3. The summed E-state index contributed by atoms with van der Waals surface area (Å²) in [5, 5.41) is 22.4. The third kappa shape index (κ3) is 2.48. The van der Waals surface area contributed by atoms with Crippen molar-refractivity contribution < 1.29 is 5.11 Å². The van der Waals surface area contributed by atoms with Crippen molar-refractivity contribution in [3.05, 3.63) is 18.1 Å². The molecule has 1 fully saturated rings. The Labute approximate surface area is 124 Å². The minimum atomic E-state index is 0.0486. The van der Waals surface area contributed by atoms with E-state index in [2.05, 4.69) is 47.2 Å². The molecule has 0 atom stereocenters. The van der Waals surface area contributed by atoms with E-state index >= 15 is 0 Å². The Bertz CT molecular complexity index is 627. The number of hydrogen-bond acceptors (Lipinski definition) is 5. The van der Waals surface area contributed by atoms with Gasteiger partial charge in [0, 0.05) is 19.0 Å². The summed E-state index contributed by atoms with van der Waals surface area (Å²) in [6.07, 6.45) is 5.05. The van der Waals surface area contributed by atoms with Gasteiger partial charge in [0.15, 0.2) is 0 Å². The van der Waals surface area contributed by atoms with Crippen molar-refractivity contribution >= 4 is 11.3 Å². The molecule has 6 nitrogen and oxygen atoms in total. The highest BCUT2D eigenvalue weighted by Crippen LogP contribution is 2.41. The monoisotopic (exact) mass is 289 g/mol. The Morgan fingerprint density at radius 2 is 2.19 bits per heavy atom. The average Bonchev–Trinajstić information content (AvgIpc) is 2.89. The van der Waals surface area contributed by atoms with Crippen molar-refractivity contribution in [2.45, 2.75) is 39.0 Å². The van der Waals surface area contributed by atoms with E-state index < -0.39 is 0 Å². The molecule has 1 saturated carbocycles. The van der Waals surface area contributed by atoms with E-state index in [1.54, 1.807) is 10.8 Å². The first-order chi connectivity index (χ1) is 10.0. The third-order valence-electron chi connectivity index (χ3n) is 4.59. The van der Waals surface area contributed by atoms with Crippen LogP contribution in [-0.2, 0) is 0 Å². The number of nitrogens with zero attached hydrogens (tertiary/aromatic N) is 5. The summed E-state index contributed by atoms with van der Waals surface area (Å²) < 4.78 is 1.74. The molecule has 0 amide bonds. The van der Waals surface area contributed by atoms with Gasteiger partial charge in [0.2, 0.25) is 5.65 Å². The van der Waals surface area contributed by atoms with Gasteiger partial charge in [-0.05, 0) is 24.8 Å². The Hall–Kier alpha value is -1.69. The molecule has 2 aromatic heterocycles. The first-order valence-corrected chi connectivity index (χ1v) is 7.58. The van der Waals surface area contributed by atoms with Crippen LogP contribution in [0.4, 0.5) is 5.69 Å². The summed E-state index contributed by atoms with van der Waals surface area (Å²) >= 11 is 0. The largest absolute Gasteiger partial charge is 0.396 e. The summed E-state index contributed by atoms with van der Waals surface area (Å²) in [4.78, 5) is 2.19. The Morgan fingerprint density at radius 3 is 2.76 bits per heavy atom. The van der Waals surface area contributed by atoms with Gasteiger partial charge in [-0.25, -0.2) is 0 Å². The molecule has 0 saturated heterocycles. The van der Waals surface area contributed by atoms with Crippen LogP contribution in [0.15, 0.2) is 12.4 Å². The van der Waals surface area contributed by atoms with Crippen molar-refractivity contribution in [1.29, 1.82) is 0 Å². The van der Waals surface area contributed by atoms with Gasteiger partial charge in [-0.15, -0.1) is 10.2 Å². The number of hydrogen-bond donors (Lipinski definition) is 1. The highest BCUT2D eigenvalue weighted by molar-refractivity contribution is 5.68. The molecule has 0 aromatic carbocycles. The van der Waals surface area contributed by atoms with E-state index in [0.29, 0.717) is 5.92 Å². The summed E-state index contributed by atoms with van der Waals surface area (Å²) in [7, 11) is 2.06. The Balaban J connectivity index is 1.96. The second-order valence-corrected chi connectivity index (χ2v) is 6.58. The molecule has 6 heteroatoms. The van der Waals surface area contributed by atoms with Crippen LogP contribution in [0, 0.1) is 5.41 Å². The Morgan fingerprint density at radius 1 is 1.43 bits per heavy atom. The first kappa shape index (κ1) is 14.3. The molecule has 1 aliphatic carbocycles. The zero-order valence-corrected chi connectivity index (χ0v) is 13.0. The number of aromatic nitrogens is 4. The number of aliphatic hydroxyl groups is 1. The normalized spacial score (nSPS) is 17.2. The third-order valence-corrected chi connectivity index (χ3v) is 4.59. The van der Waals surface area contributed by atoms with Crippen LogP contribution < -0.4 is 4.90 Å². The van der Waals surface area contributed by atoms with Crippen LogP contribution in [0.2, 0.25) is 0 Å². The molecule has 3 rings (SSSR count). The smallest absolute Gasteiger partial charge is 0.200 e. The molecule has 114 valence electrons. The number of rotatable bonds is 5. The van der Waals surface area contributed by atoms with Crippen molar-refractivity contribution in [1.82, 2.24) is 19.8 Å². The maximum Gasteiger partial charge on any atom is 0.200 e. The maximum atomic E-state index is 9.68. The SMILES string of the molecule is CC(C)c1cc(N(C)CC2(CO)CCC2)c2nncn2n1. The molecule has 0 aliphatic heterocycles. The molecule has 0 spiro atoms. The summed E-state index contributed by atoms with van der Waals surface area (Å²) in [5.74, 6) is 0.347. The fourth-order valence-corrected chi connectivity index (χ4v) is 3.02. The average molecular weight is 289 g/mol. The minimum absolute atomic E-state index is 0.0486. The lowest BCUT2D eigenvalue weighted by molar-refractivity contribution is 0.0524. The summed E-state index contributed by atoms with van der Waals surface area (Å²) in [6, 6.07) is 2.10. The van der Waals surface area contributed by atoms with Crippen molar-refractivity contribution in [2.24, 2.45) is 5.41 Å². The molecule has 0 radical (unpaired) electrons. The number of aliphatic hydroxyl groups excluding tert-OH is 1. The summed E-state index contributed by atoms with van der Waals surface area (Å²) in [6.45, 7) is 5.35. The van der Waals surface area contributed by atoms with Gasteiger partial charge in [-0.3, -0.25) is 0 Å². The predicted molar refractivity (Wildman–Crippen MR) is 81.5 cm³/mol. The quantitative estimate of drug-likeness (QED) is 0.910. The topological polar surface area (TPSA) is 66.5 Å². The summed E-state index contributed by atoms with van der Waals surface area (Å²) in [5.41, 5.74) is 2.88. The molecule has 2 heterocycles. The Kier molecular flexibility index (Phi) is 3.57. The van der Waals surface area contributed by atoms with Gasteiger partial charge in [0.25, 0.3) is 0 Å².